The molecule has 0 fully saturated rings. The average molecular weight is 300 g/mol. The quantitative estimate of drug-likeness (QED) is 0.791. The van der Waals surface area contributed by atoms with E-state index in [1.165, 1.54) is 29.7 Å². The van der Waals surface area contributed by atoms with Crippen molar-refractivity contribution in [1.29, 1.82) is 0 Å². The highest BCUT2D eigenvalue weighted by Crippen LogP contribution is 2.46. The lowest BCUT2D eigenvalue weighted by atomic mass is 9.72. The second-order valence-electron chi connectivity index (χ2n) is 5.64. The number of hydrogen-bond donors (Lipinski definition) is 1. The minimum Gasteiger partial charge on any atom is -0.348 e. The van der Waals surface area contributed by atoms with Crippen molar-refractivity contribution < 1.29 is 0 Å². The van der Waals surface area contributed by atoms with Gasteiger partial charge in [0.1, 0.15) is 0 Å². The van der Waals surface area contributed by atoms with Crippen molar-refractivity contribution in [3.05, 3.63) is 53.6 Å². The molecule has 2 atom stereocenters. The molecule has 1 aliphatic carbocycles. The summed E-state index contributed by atoms with van der Waals surface area (Å²) in [5.41, 5.74) is 4.56. The van der Waals surface area contributed by atoms with E-state index in [0.29, 0.717) is 0 Å². The molecule has 1 heterocycles. The van der Waals surface area contributed by atoms with Crippen LogP contribution in [0.25, 0.3) is 0 Å². The summed E-state index contributed by atoms with van der Waals surface area (Å²) >= 11 is 0. The minimum atomic E-state index is 0.248. The molecule has 1 N–H and O–H groups in total. The Morgan fingerprint density at radius 2 is 1.86 bits per heavy atom. The average Bonchev–Trinajstić information content (AvgIpc) is 3.18. The third-order valence-corrected chi connectivity index (χ3v) is 4.61. The molecule has 0 spiro atoms. The Bertz CT molecular complexity index is 530. The number of nitrogens with one attached hydrogen (secondary N) is 1. The molecular formula is C20H32N2. The lowest BCUT2D eigenvalue weighted by molar-refractivity contribution is 0.306. The van der Waals surface area contributed by atoms with Crippen molar-refractivity contribution in [2.24, 2.45) is 5.92 Å². The first kappa shape index (κ1) is 18.5. The molecule has 1 aromatic heterocycles. The summed E-state index contributed by atoms with van der Waals surface area (Å²) in [5.74, 6) is 0.734. The molecule has 2 unspecified atom stereocenters. The summed E-state index contributed by atoms with van der Waals surface area (Å²) in [6.45, 7) is 12.7. The minimum absolute atomic E-state index is 0.248. The van der Waals surface area contributed by atoms with Crippen LogP contribution in [0.1, 0.15) is 64.8 Å². The number of rotatable bonds is 3. The Morgan fingerprint density at radius 1 is 1.18 bits per heavy atom. The molecule has 0 bridgehead atoms. The van der Waals surface area contributed by atoms with Crippen molar-refractivity contribution in [2.75, 3.05) is 0 Å². The predicted octanol–water partition coefficient (Wildman–Crippen LogP) is 5.54. The highest BCUT2D eigenvalue weighted by molar-refractivity contribution is 5.41. The Labute approximate surface area is 136 Å². The zero-order chi connectivity index (χ0) is 16.6. The Kier molecular flexibility index (Phi) is 7.37. The molecule has 122 valence electrons. The monoisotopic (exact) mass is 300 g/mol. The number of imidazole rings is 1. The largest absolute Gasteiger partial charge is 0.348 e. The van der Waals surface area contributed by atoms with Crippen molar-refractivity contribution in [1.82, 2.24) is 9.97 Å². The lowest BCUT2D eigenvalue weighted by Gasteiger charge is -2.32. The second-order valence-corrected chi connectivity index (χ2v) is 5.64. The van der Waals surface area contributed by atoms with Gasteiger partial charge in [-0.05, 0) is 29.9 Å². The first-order chi connectivity index (χ1) is 10.7. The Morgan fingerprint density at radius 3 is 2.45 bits per heavy atom. The number of nitrogens with zero attached hydrogens (tertiary/aromatic N) is 1. The van der Waals surface area contributed by atoms with Gasteiger partial charge < -0.3 is 4.98 Å². The molecule has 1 aliphatic rings. The highest BCUT2D eigenvalue weighted by Gasteiger charge is 2.41. The van der Waals surface area contributed by atoms with Gasteiger partial charge in [0.05, 0.1) is 6.33 Å². The topological polar surface area (TPSA) is 28.7 Å². The zero-order valence-electron chi connectivity index (χ0n) is 15.1. The van der Waals surface area contributed by atoms with Gasteiger partial charge in [-0.3, -0.25) is 0 Å². The standard InChI is InChI=1S/C16H20N2.2C2H6/c1-3-13-8-12-6-4-5-7-15(12)16(13,2)9-14-10-17-11-18-14;2*1-2/h4-7,10-11,13H,3,8-9H2,1-2H3,(H,17,18);2*1-2H3. The molecule has 3 rings (SSSR count). The molecule has 2 aromatic rings. The van der Waals surface area contributed by atoms with Crippen LogP contribution in [0.3, 0.4) is 0 Å². The van der Waals surface area contributed by atoms with Gasteiger partial charge in [-0.15, -0.1) is 0 Å². The molecule has 0 aliphatic heterocycles. The third kappa shape index (κ3) is 3.60. The van der Waals surface area contributed by atoms with E-state index in [1.807, 2.05) is 33.9 Å². The van der Waals surface area contributed by atoms with E-state index in [4.69, 9.17) is 0 Å². The lowest BCUT2D eigenvalue weighted by Crippen LogP contribution is -2.30. The fourth-order valence-electron chi connectivity index (χ4n) is 3.58. The highest BCUT2D eigenvalue weighted by atomic mass is 14.9. The SMILES string of the molecule is CC.CC.CCC1Cc2ccccc2C1(C)Cc1cnc[nH]1. The predicted molar refractivity (Wildman–Crippen MR) is 96.3 cm³/mol. The number of hydrogen-bond acceptors (Lipinski definition) is 1. The van der Waals surface area contributed by atoms with Crippen LogP contribution in [0.5, 0.6) is 0 Å². The van der Waals surface area contributed by atoms with E-state index < -0.39 is 0 Å². The normalized spacial score (nSPS) is 22.0. The first-order valence-corrected chi connectivity index (χ1v) is 8.79. The maximum atomic E-state index is 4.15. The molecule has 0 radical (unpaired) electrons. The van der Waals surface area contributed by atoms with Crippen LogP contribution >= 0.6 is 0 Å². The maximum Gasteiger partial charge on any atom is 0.0921 e. The summed E-state index contributed by atoms with van der Waals surface area (Å²) in [5, 5.41) is 0. The second kappa shape index (κ2) is 8.77. The van der Waals surface area contributed by atoms with Crippen LogP contribution in [0, 0.1) is 5.92 Å². The van der Waals surface area contributed by atoms with Crippen molar-refractivity contribution >= 4 is 0 Å². The van der Waals surface area contributed by atoms with Crippen LogP contribution in [0.2, 0.25) is 0 Å². The summed E-state index contributed by atoms with van der Waals surface area (Å²) in [6, 6.07) is 8.92. The fourth-order valence-corrected chi connectivity index (χ4v) is 3.58. The maximum absolute atomic E-state index is 4.15. The Balaban J connectivity index is 0.000000561. The molecule has 2 heteroatoms. The Hall–Kier alpha value is -1.57. The molecular weight excluding hydrogens is 268 g/mol. The fraction of sp³-hybridized carbons (Fsp3) is 0.550. The van der Waals surface area contributed by atoms with Crippen LogP contribution < -0.4 is 0 Å². The van der Waals surface area contributed by atoms with Gasteiger partial charge >= 0.3 is 0 Å². The summed E-state index contributed by atoms with van der Waals surface area (Å²) < 4.78 is 0. The van der Waals surface area contributed by atoms with Gasteiger partial charge in [-0.25, -0.2) is 4.98 Å². The third-order valence-electron chi connectivity index (χ3n) is 4.61. The van der Waals surface area contributed by atoms with Gasteiger partial charge in [0.15, 0.2) is 0 Å². The first-order valence-electron chi connectivity index (χ1n) is 8.79. The van der Waals surface area contributed by atoms with E-state index in [-0.39, 0.29) is 5.41 Å². The molecule has 0 saturated carbocycles. The number of aromatic nitrogens is 2. The molecule has 22 heavy (non-hydrogen) atoms. The molecule has 0 amide bonds. The molecule has 1 aromatic carbocycles. The number of fused-ring (bicyclic) bond motifs is 1. The summed E-state index contributed by atoms with van der Waals surface area (Å²) in [6.07, 6.45) is 7.25. The van der Waals surface area contributed by atoms with Crippen molar-refractivity contribution in [2.45, 2.75) is 66.2 Å². The van der Waals surface area contributed by atoms with Crippen molar-refractivity contribution in [3.63, 3.8) is 0 Å². The van der Waals surface area contributed by atoms with Gasteiger partial charge in [0.25, 0.3) is 0 Å². The smallest absolute Gasteiger partial charge is 0.0921 e. The van der Waals surface area contributed by atoms with Gasteiger partial charge in [0.2, 0.25) is 0 Å². The van der Waals surface area contributed by atoms with E-state index >= 15 is 0 Å². The number of H-pyrrole nitrogens is 1. The van der Waals surface area contributed by atoms with E-state index in [0.717, 1.165) is 12.3 Å². The van der Waals surface area contributed by atoms with Crippen LogP contribution in [0.15, 0.2) is 36.8 Å². The molecule has 2 nitrogen and oxygen atoms in total. The van der Waals surface area contributed by atoms with E-state index in [9.17, 15) is 0 Å². The van der Waals surface area contributed by atoms with E-state index in [1.54, 1.807) is 6.33 Å². The van der Waals surface area contributed by atoms with E-state index in [2.05, 4.69) is 48.1 Å². The van der Waals surface area contributed by atoms with Crippen LogP contribution in [-0.2, 0) is 18.3 Å². The number of aromatic amines is 1. The van der Waals surface area contributed by atoms with Gasteiger partial charge in [0, 0.05) is 17.3 Å². The zero-order valence-corrected chi connectivity index (χ0v) is 15.1. The number of benzene rings is 1. The van der Waals surface area contributed by atoms with Crippen LogP contribution in [0.4, 0.5) is 0 Å². The summed E-state index contributed by atoms with van der Waals surface area (Å²) in [7, 11) is 0. The molecule has 0 saturated heterocycles. The van der Waals surface area contributed by atoms with Crippen molar-refractivity contribution in [3.8, 4) is 0 Å². The summed E-state index contributed by atoms with van der Waals surface area (Å²) in [4.78, 5) is 7.40. The van der Waals surface area contributed by atoms with Crippen LogP contribution in [-0.4, -0.2) is 9.97 Å². The van der Waals surface area contributed by atoms with Gasteiger partial charge in [-0.2, -0.15) is 0 Å². The van der Waals surface area contributed by atoms with Gasteiger partial charge in [-0.1, -0.05) is 72.2 Å².